The normalized spacial score (nSPS) is 11.4. The number of hydrogen-bond donors (Lipinski definition) is 2. The average Bonchev–Trinajstić information content (AvgIpc) is 3.21. The first-order chi connectivity index (χ1) is 12.2. The van der Waals surface area contributed by atoms with E-state index in [-0.39, 0.29) is 5.82 Å². The van der Waals surface area contributed by atoms with Crippen molar-refractivity contribution in [2.45, 2.75) is 6.92 Å². The third kappa shape index (κ3) is 3.16. The van der Waals surface area contributed by atoms with Gasteiger partial charge in [0.15, 0.2) is 0 Å². The Labute approximate surface area is 148 Å². The van der Waals surface area contributed by atoms with E-state index >= 15 is 0 Å². The smallest absolute Gasteiger partial charge is 0.203 e. The Bertz CT molecular complexity index is 1050. The van der Waals surface area contributed by atoms with Gasteiger partial charge >= 0.3 is 0 Å². The third-order valence-electron chi connectivity index (χ3n) is 3.94. The van der Waals surface area contributed by atoms with Crippen LogP contribution in [0.1, 0.15) is 11.3 Å². The number of aromatic nitrogens is 2. The minimum Gasteiger partial charge on any atom is -0.358 e. The summed E-state index contributed by atoms with van der Waals surface area (Å²) in [6.07, 6.45) is 1.80. The Hall–Kier alpha value is -2.99. The standard InChI is InChI=1S/C19H15FN4S/c1-12-16(15-4-2-3-5-17(15)22-12)10-21-24-19-23-18(11-25-19)13-6-8-14(20)9-7-13/h2-11,22H,1H3,(H,23,24)/b21-10-. The molecule has 124 valence electrons. The maximum atomic E-state index is 13.0. The van der Waals surface area contributed by atoms with Gasteiger partial charge in [0.2, 0.25) is 5.13 Å². The topological polar surface area (TPSA) is 53.1 Å². The molecule has 0 saturated heterocycles. The lowest BCUT2D eigenvalue weighted by Gasteiger charge is -1.96. The molecule has 4 aromatic rings. The van der Waals surface area contributed by atoms with Crippen LogP contribution in [0.2, 0.25) is 0 Å². The number of benzene rings is 2. The average molecular weight is 350 g/mol. The predicted molar refractivity (Wildman–Crippen MR) is 102 cm³/mol. The van der Waals surface area contributed by atoms with Crippen molar-refractivity contribution in [3.8, 4) is 11.3 Å². The van der Waals surface area contributed by atoms with E-state index < -0.39 is 0 Å². The summed E-state index contributed by atoms with van der Waals surface area (Å²) in [5.41, 5.74) is 7.85. The summed E-state index contributed by atoms with van der Waals surface area (Å²) in [7, 11) is 0. The van der Waals surface area contributed by atoms with Crippen LogP contribution in [0.5, 0.6) is 0 Å². The summed E-state index contributed by atoms with van der Waals surface area (Å²) in [5.74, 6) is -0.254. The van der Waals surface area contributed by atoms with Crippen molar-refractivity contribution in [1.82, 2.24) is 9.97 Å². The molecule has 0 fully saturated rings. The second kappa shape index (κ2) is 6.49. The number of halogens is 1. The maximum Gasteiger partial charge on any atom is 0.203 e. The minimum absolute atomic E-state index is 0.254. The van der Waals surface area contributed by atoms with Crippen LogP contribution in [-0.4, -0.2) is 16.2 Å². The molecule has 0 aliphatic carbocycles. The van der Waals surface area contributed by atoms with Gasteiger partial charge < -0.3 is 4.98 Å². The van der Waals surface area contributed by atoms with E-state index in [4.69, 9.17) is 0 Å². The number of nitrogens with one attached hydrogen (secondary N) is 2. The lowest BCUT2D eigenvalue weighted by Crippen LogP contribution is -1.91. The molecule has 4 nitrogen and oxygen atoms in total. The number of H-pyrrole nitrogens is 1. The Balaban J connectivity index is 1.52. The summed E-state index contributed by atoms with van der Waals surface area (Å²) in [6.45, 7) is 2.03. The number of para-hydroxylation sites is 1. The molecule has 0 bridgehead atoms. The lowest BCUT2D eigenvalue weighted by atomic mass is 10.1. The highest BCUT2D eigenvalue weighted by molar-refractivity contribution is 7.14. The van der Waals surface area contributed by atoms with Crippen molar-refractivity contribution in [3.63, 3.8) is 0 Å². The SMILES string of the molecule is Cc1[nH]c2ccccc2c1/C=N\Nc1nc(-c2ccc(F)cc2)cs1. The zero-order chi connectivity index (χ0) is 17.2. The first kappa shape index (κ1) is 15.5. The molecule has 0 aliphatic rings. The fourth-order valence-corrected chi connectivity index (χ4v) is 3.36. The number of hydrazone groups is 1. The van der Waals surface area contributed by atoms with Crippen LogP contribution in [0, 0.1) is 12.7 Å². The van der Waals surface area contributed by atoms with Crippen LogP contribution in [0.25, 0.3) is 22.2 Å². The third-order valence-corrected chi connectivity index (χ3v) is 4.69. The van der Waals surface area contributed by atoms with E-state index in [2.05, 4.69) is 26.6 Å². The fraction of sp³-hybridized carbons (Fsp3) is 0.0526. The molecule has 2 aromatic heterocycles. The van der Waals surface area contributed by atoms with Crippen LogP contribution in [0.15, 0.2) is 59.0 Å². The lowest BCUT2D eigenvalue weighted by molar-refractivity contribution is 0.628. The highest BCUT2D eigenvalue weighted by Gasteiger charge is 2.06. The molecule has 2 heterocycles. The summed E-state index contributed by atoms with van der Waals surface area (Å²) < 4.78 is 13.0. The molecule has 0 unspecified atom stereocenters. The van der Waals surface area contributed by atoms with Crippen LogP contribution < -0.4 is 5.43 Å². The molecule has 0 spiro atoms. The van der Waals surface area contributed by atoms with E-state index in [0.29, 0.717) is 5.13 Å². The summed E-state index contributed by atoms with van der Waals surface area (Å²) in [5, 5.41) is 8.05. The van der Waals surface area contributed by atoms with Gasteiger partial charge in [-0.1, -0.05) is 18.2 Å². The molecule has 25 heavy (non-hydrogen) atoms. The van der Waals surface area contributed by atoms with E-state index in [1.54, 1.807) is 18.3 Å². The number of fused-ring (bicyclic) bond motifs is 1. The zero-order valence-electron chi connectivity index (χ0n) is 13.5. The van der Waals surface area contributed by atoms with Gasteiger partial charge in [0.05, 0.1) is 11.9 Å². The summed E-state index contributed by atoms with van der Waals surface area (Å²) in [4.78, 5) is 7.82. The van der Waals surface area contributed by atoms with Gasteiger partial charge in [0.25, 0.3) is 0 Å². The second-order valence-electron chi connectivity index (χ2n) is 5.62. The molecule has 0 atom stereocenters. The van der Waals surface area contributed by atoms with E-state index in [9.17, 15) is 4.39 Å². The molecule has 6 heteroatoms. The van der Waals surface area contributed by atoms with Gasteiger partial charge in [-0.05, 0) is 37.3 Å². The van der Waals surface area contributed by atoms with Gasteiger partial charge in [-0.25, -0.2) is 9.37 Å². The van der Waals surface area contributed by atoms with E-state index in [1.807, 2.05) is 30.5 Å². The van der Waals surface area contributed by atoms with Crippen molar-refractivity contribution in [2.24, 2.45) is 5.10 Å². The van der Waals surface area contributed by atoms with E-state index in [1.165, 1.54) is 23.5 Å². The number of nitrogens with zero attached hydrogens (tertiary/aromatic N) is 2. The van der Waals surface area contributed by atoms with Crippen LogP contribution >= 0.6 is 11.3 Å². The molecule has 0 radical (unpaired) electrons. The van der Waals surface area contributed by atoms with Crippen LogP contribution in [-0.2, 0) is 0 Å². The quantitative estimate of drug-likeness (QED) is 0.393. The fourth-order valence-electron chi connectivity index (χ4n) is 2.70. The maximum absolute atomic E-state index is 13.0. The predicted octanol–water partition coefficient (Wildman–Crippen LogP) is 5.18. The Morgan fingerprint density at radius 1 is 1.16 bits per heavy atom. The van der Waals surface area contributed by atoms with Crippen molar-refractivity contribution >= 4 is 33.6 Å². The Morgan fingerprint density at radius 2 is 1.96 bits per heavy atom. The number of thiazole rings is 1. The number of anilines is 1. The first-order valence-electron chi connectivity index (χ1n) is 7.78. The monoisotopic (exact) mass is 350 g/mol. The molecule has 2 N–H and O–H groups in total. The molecule has 2 aromatic carbocycles. The van der Waals surface area contributed by atoms with Gasteiger partial charge in [-0.2, -0.15) is 5.10 Å². The first-order valence-corrected chi connectivity index (χ1v) is 8.66. The van der Waals surface area contributed by atoms with Crippen molar-refractivity contribution < 1.29 is 4.39 Å². The van der Waals surface area contributed by atoms with E-state index in [0.717, 1.165) is 33.4 Å². The minimum atomic E-state index is -0.254. The molecular formula is C19H15FN4S. The summed E-state index contributed by atoms with van der Waals surface area (Å²) in [6, 6.07) is 14.4. The molecule has 0 amide bonds. The van der Waals surface area contributed by atoms with Crippen molar-refractivity contribution in [2.75, 3.05) is 5.43 Å². The van der Waals surface area contributed by atoms with Crippen molar-refractivity contribution in [3.05, 3.63) is 71.0 Å². The second-order valence-corrected chi connectivity index (χ2v) is 6.48. The van der Waals surface area contributed by atoms with Crippen LogP contribution in [0.4, 0.5) is 9.52 Å². The number of hydrogen-bond acceptors (Lipinski definition) is 4. The molecule has 0 saturated carbocycles. The Morgan fingerprint density at radius 3 is 2.80 bits per heavy atom. The van der Waals surface area contributed by atoms with Gasteiger partial charge in [0, 0.05) is 33.1 Å². The highest BCUT2D eigenvalue weighted by atomic mass is 32.1. The van der Waals surface area contributed by atoms with Gasteiger partial charge in [-0.15, -0.1) is 11.3 Å². The number of aryl methyl sites for hydroxylation is 1. The van der Waals surface area contributed by atoms with Gasteiger partial charge in [-0.3, -0.25) is 5.43 Å². The largest absolute Gasteiger partial charge is 0.358 e. The van der Waals surface area contributed by atoms with Crippen molar-refractivity contribution in [1.29, 1.82) is 0 Å². The molecular weight excluding hydrogens is 335 g/mol. The summed E-state index contributed by atoms with van der Waals surface area (Å²) >= 11 is 1.46. The highest BCUT2D eigenvalue weighted by Crippen LogP contribution is 2.25. The molecule has 4 rings (SSSR count). The molecule has 0 aliphatic heterocycles. The number of rotatable bonds is 4. The van der Waals surface area contributed by atoms with Gasteiger partial charge in [0.1, 0.15) is 5.82 Å². The zero-order valence-corrected chi connectivity index (χ0v) is 14.3. The Kier molecular flexibility index (Phi) is 4.03. The number of aromatic amines is 1. The van der Waals surface area contributed by atoms with Crippen LogP contribution in [0.3, 0.4) is 0 Å².